The Labute approximate surface area is 184 Å². The molecule has 174 valence electrons. The topological polar surface area (TPSA) is 75.5 Å². The Hall–Kier alpha value is -2.40. The van der Waals surface area contributed by atoms with Crippen molar-refractivity contribution in [1.82, 2.24) is 19.0 Å². The molecule has 0 atom stereocenters. The van der Waals surface area contributed by atoms with Gasteiger partial charge < -0.3 is 4.90 Å². The van der Waals surface area contributed by atoms with Crippen LogP contribution in [-0.4, -0.2) is 59.2 Å². The lowest BCUT2D eigenvalue weighted by Crippen LogP contribution is -2.39. The van der Waals surface area contributed by atoms with Crippen LogP contribution in [0.25, 0.3) is 0 Å². The number of amides is 1. The van der Waals surface area contributed by atoms with E-state index in [1.54, 1.807) is 22.7 Å². The molecule has 0 saturated carbocycles. The van der Waals surface area contributed by atoms with Gasteiger partial charge in [0, 0.05) is 32.2 Å². The summed E-state index contributed by atoms with van der Waals surface area (Å²) < 4.78 is 66.8. The maximum absolute atomic E-state index is 13.4. The molecule has 1 aromatic heterocycles. The van der Waals surface area contributed by atoms with Crippen LogP contribution in [0.3, 0.4) is 0 Å². The second-order valence-corrected chi connectivity index (χ2v) is 10.4. The molecular formula is C21H25F3N4O3S. The lowest BCUT2D eigenvalue weighted by molar-refractivity contribution is -0.138. The molecule has 0 radical (unpaired) electrons. The minimum Gasteiger partial charge on any atom is -0.337 e. The zero-order valence-electron chi connectivity index (χ0n) is 17.9. The van der Waals surface area contributed by atoms with Crippen LogP contribution in [-0.2, 0) is 36.2 Å². The van der Waals surface area contributed by atoms with Crippen LogP contribution in [0.15, 0.2) is 24.3 Å². The molecule has 0 unspecified atom stereocenters. The van der Waals surface area contributed by atoms with E-state index in [-0.39, 0.29) is 30.5 Å². The molecule has 32 heavy (non-hydrogen) atoms. The Kier molecular flexibility index (Phi) is 5.83. The average molecular weight is 471 g/mol. The van der Waals surface area contributed by atoms with Crippen LogP contribution in [0.4, 0.5) is 13.2 Å². The molecule has 3 heterocycles. The number of sulfonamides is 1. The van der Waals surface area contributed by atoms with Crippen molar-refractivity contribution in [3.8, 4) is 0 Å². The van der Waals surface area contributed by atoms with E-state index in [0.717, 1.165) is 17.9 Å². The van der Waals surface area contributed by atoms with Crippen LogP contribution in [0.1, 0.15) is 51.6 Å². The molecule has 1 saturated heterocycles. The monoisotopic (exact) mass is 470 g/mol. The summed E-state index contributed by atoms with van der Waals surface area (Å²) in [7, 11) is -1.66. The first-order valence-corrected chi connectivity index (χ1v) is 12.3. The second-order valence-electron chi connectivity index (χ2n) is 8.40. The normalized spacial score (nSPS) is 18.6. The third-order valence-corrected chi connectivity index (χ3v) is 7.62. The second kappa shape index (κ2) is 8.18. The number of aromatic nitrogens is 2. The highest BCUT2D eigenvalue weighted by molar-refractivity contribution is 7.88. The summed E-state index contributed by atoms with van der Waals surface area (Å²) in [5, 5.41) is 4.36. The Bertz CT molecular complexity index is 1140. The van der Waals surface area contributed by atoms with E-state index in [0.29, 0.717) is 43.7 Å². The molecule has 1 amide bonds. The Morgan fingerprint density at radius 2 is 1.78 bits per heavy atom. The fourth-order valence-corrected chi connectivity index (χ4v) is 5.43. The van der Waals surface area contributed by atoms with E-state index < -0.39 is 21.8 Å². The number of benzene rings is 1. The van der Waals surface area contributed by atoms with Crippen molar-refractivity contribution in [3.05, 3.63) is 52.3 Å². The van der Waals surface area contributed by atoms with Crippen molar-refractivity contribution in [2.24, 2.45) is 7.05 Å². The van der Waals surface area contributed by atoms with Gasteiger partial charge in [-0.1, -0.05) is 18.2 Å². The van der Waals surface area contributed by atoms with Gasteiger partial charge in [0.15, 0.2) is 5.69 Å². The Morgan fingerprint density at radius 3 is 2.41 bits per heavy atom. The molecule has 2 aromatic rings. The predicted octanol–water partition coefficient (Wildman–Crippen LogP) is 2.78. The quantitative estimate of drug-likeness (QED) is 0.692. The van der Waals surface area contributed by atoms with Crippen LogP contribution >= 0.6 is 0 Å². The van der Waals surface area contributed by atoms with Crippen LogP contribution in [0.2, 0.25) is 0 Å². The maximum Gasteiger partial charge on any atom is 0.416 e. The largest absolute Gasteiger partial charge is 0.416 e. The summed E-state index contributed by atoms with van der Waals surface area (Å²) in [4.78, 5) is 14.8. The molecule has 1 aromatic carbocycles. The van der Waals surface area contributed by atoms with Gasteiger partial charge in [0.2, 0.25) is 10.0 Å². The summed E-state index contributed by atoms with van der Waals surface area (Å²) in [5.41, 5.74) is 1.42. The van der Waals surface area contributed by atoms with E-state index in [9.17, 15) is 26.4 Å². The number of carbonyl (C=O) groups is 1. The van der Waals surface area contributed by atoms with Gasteiger partial charge in [-0.25, -0.2) is 8.42 Å². The minimum atomic E-state index is -4.41. The molecule has 2 aliphatic heterocycles. The van der Waals surface area contributed by atoms with Gasteiger partial charge >= 0.3 is 6.18 Å². The van der Waals surface area contributed by atoms with Crippen LogP contribution in [0, 0.1) is 0 Å². The number of nitrogens with zero attached hydrogens (tertiary/aromatic N) is 4. The van der Waals surface area contributed by atoms with Crippen molar-refractivity contribution in [3.63, 3.8) is 0 Å². The Balaban J connectivity index is 1.49. The molecule has 4 rings (SSSR count). The lowest BCUT2D eigenvalue weighted by atomic mass is 9.86. The molecule has 0 bridgehead atoms. The fourth-order valence-electron chi connectivity index (χ4n) is 4.66. The Morgan fingerprint density at radius 1 is 1.12 bits per heavy atom. The van der Waals surface area contributed by atoms with Crippen molar-refractivity contribution in [2.75, 3.05) is 25.9 Å². The molecule has 7 nitrogen and oxygen atoms in total. The van der Waals surface area contributed by atoms with E-state index in [1.807, 2.05) is 0 Å². The number of carbonyl (C=O) groups excluding carboxylic acids is 1. The third kappa shape index (κ3) is 4.27. The number of fused-ring (bicyclic) bond motifs is 1. The molecule has 0 spiro atoms. The van der Waals surface area contributed by atoms with E-state index in [4.69, 9.17) is 0 Å². The van der Waals surface area contributed by atoms with Crippen molar-refractivity contribution >= 4 is 15.9 Å². The first-order chi connectivity index (χ1) is 15.0. The van der Waals surface area contributed by atoms with Crippen LogP contribution < -0.4 is 0 Å². The molecule has 0 N–H and O–H groups in total. The van der Waals surface area contributed by atoms with Gasteiger partial charge in [-0.15, -0.1) is 0 Å². The fraction of sp³-hybridized carbons (Fsp3) is 0.524. The number of halogens is 3. The highest BCUT2D eigenvalue weighted by Crippen LogP contribution is 2.39. The molecule has 1 fully saturated rings. The first kappa shape index (κ1) is 22.8. The SMILES string of the molecule is Cn1nc(C(=O)N2CCC(c3ccccc3C(F)(F)F)CC2)c2c1CN(S(C)(=O)=O)CC2. The van der Waals surface area contributed by atoms with Gasteiger partial charge in [-0.2, -0.15) is 22.6 Å². The zero-order valence-corrected chi connectivity index (χ0v) is 18.7. The maximum atomic E-state index is 13.4. The van der Waals surface area contributed by atoms with Crippen molar-refractivity contribution in [1.29, 1.82) is 0 Å². The zero-order chi connectivity index (χ0) is 23.3. The van der Waals surface area contributed by atoms with E-state index >= 15 is 0 Å². The summed E-state index contributed by atoms with van der Waals surface area (Å²) in [6.45, 7) is 1.14. The van der Waals surface area contributed by atoms with Crippen molar-refractivity contribution < 1.29 is 26.4 Å². The number of rotatable bonds is 3. The van der Waals surface area contributed by atoms with Gasteiger partial charge in [0.25, 0.3) is 5.91 Å². The predicted molar refractivity (Wildman–Crippen MR) is 111 cm³/mol. The number of piperidine rings is 1. The summed E-state index contributed by atoms with van der Waals surface area (Å²) in [6, 6.07) is 5.63. The summed E-state index contributed by atoms with van der Waals surface area (Å²) in [6.07, 6.45) is -1.98. The molecular weight excluding hydrogens is 445 g/mol. The number of aryl methyl sites for hydroxylation is 1. The highest BCUT2D eigenvalue weighted by atomic mass is 32.2. The number of hydrogen-bond acceptors (Lipinski definition) is 4. The first-order valence-electron chi connectivity index (χ1n) is 10.4. The third-order valence-electron chi connectivity index (χ3n) is 6.37. The van der Waals surface area contributed by atoms with Crippen LogP contribution in [0.5, 0.6) is 0 Å². The van der Waals surface area contributed by atoms with Gasteiger partial charge in [0.1, 0.15) is 0 Å². The van der Waals surface area contributed by atoms with Gasteiger partial charge in [-0.3, -0.25) is 9.48 Å². The van der Waals surface area contributed by atoms with Gasteiger partial charge in [-0.05, 0) is 36.8 Å². The highest BCUT2D eigenvalue weighted by Gasteiger charge is 2.37. The summed E-state index contributed by atoms with van der Waals surface area (Å²) >= 11 is 0. The average Bonchev–Trinajstić information content (AvgIpc) is 3.08. The standard InChI is InChI=1S/C21H25F3N4O3S/c1-26-18-13-28(32(2,30)31)12-9-16(18)19(25-26)20(29)27-10-7-14(8-11-27)15-5-3-4-6-17(15)21(22,23)24/h3-6,14H,7-13H2,1-2H3. The lowest BCUT2D eigenvalue weighted by Gasteiger charge is -2.33. The molecule has 11 heteroatoms. The smallest absolute Gasteiger partial charge is 0.337 e. The van der Waals surface area contributed by atoms with Crippen molar-refractivity contribution in [2.45, 2.75) is 37.9 Å². The number of likely N-dealkylation sites (tertiary alicyclic amines) is 1. The number of hydrogen-bond donors (Lipinski definition) is 0. The molecule has 2 aliphatic rings. The molecule has 0 aliphatic carbocycles. The minimum absolute atomic E-state index is 0.168. The van der Waals surface area contributed by atoms with Gasteiger partial charge in [0.05, 0.1) is 24.1 Å². The van der Waals surface area contributed by atoms with E-state index in [2.05, 4.69) is 5.10 Å². The van der Waals surface area contributed by atoms with E-state index in [1.165, 1.54) is 16.4 Å². The summed E-state index contributed by atoms with van der Waals surface area (Å²) in [5.74, 6) is -0.518. The number of alkyl halides is 3.